The van der Waals surface area contributed by atoms with Crippen molar-refractivity contribution in [2.75, 3.05) is 14.2 Å². The molecular weight excluding hydrogens is 209 g/mol. The third-order valence-corrected chi connectivity index (χ3v) is 3.01. The lowest BCUT2D eigenvalue weighted by molar-refractivity contribution is -0.0880. The summed E-state index contributed by atoms with van der Waals surface area (Å²) in [7, 11) is 3.53. The maximum Gasteiger partial charge on any atom is 0.165 e. The fourth-order valence-electron chi connectivity index (χ4n) is 2.00. The highest BCUT2D eigenvalue weighted by atomic mass is 19.1. The van der Waals surface area contributed by atoms with Crippen LogP contribution in [-0.4, -0.2) is 32.4 Å². The maximum absolute atomic E-state index is 13.3. The summed E-state index contributed by atoms with van der Waals surface area (Å²) >= 11 is 0. The van der Waals surface area contributed by atoms with Gasteiger partial charge in [0.1, 0.15) is 12.2 Å². The molecule has 1 aliphatic carbocycles. The van der Waals surface area contributed by atoms with Crippen molar-refractivity contribution in [3.05, 3.63) is 30.1 Å². The predicted molar refractivity (Wildman–Crippen MR) is 59.1 cm³/mol. The minimum absolute atomic E-state index is 0.00962. The molecular formula is C12H16FNO2. The summed E-state index contributed by atoms with van der Waals surface area (Å²) in [6, 6.07) is 6.73. The van der Waals surface area contributed by atoms with Gasteiger partial charge < -0.3 is 14.8 Å². The van der Waals surface area contributed by atoms with Crippen LogP contribution >= 0.6 is 0 Å². The number of benzene rings is 1. The van der Waals surface area contributed by atoms with Crippen molar-refractivity contribution in [1.29, 1.82) is 0 Å². The van der Waals surface area contributed by atoms with Gasteiger partial charge in [-0.05, 0) is 19.2 Å². The minimum Gasteiger partial charge on any atom is -0.485 e. The molecule has 1 aromatic carbocycles. The smallest absolute Gasteiger partial charge is 0.165 e. The monoisotopic (exact) mass is 225 g/mol. The zero-order valence-electron chi connectivity index (χ0n) is 9.44. The fraction of sp³-hybridized carbons (Fsp3) is 0.500. The van der Waals surface area contributed by atoms with E-state index in [4.69, 9.17) is 9.47 Å². The minimum atomic E-state index is -0.328. The molecule has 3 unspecified atom stereocenters. The first kappa shape index (κ1) is 11.4. The lowest BCUT2D eigenvalue weighted by atomic mass is 9.85. The summed E-state index contributed by atoms with van der Waals surface area (Å²) in [6.45, 7) is 0. The predicted octanol–water partition coefficient (Wildman–Crippen LogP) is 1.58. The van der Waals surface area contributed by atoms with Crippen LogP contribution in [-0.2, 0) is 4.74 Å². The Morgan fingerprint density at radius 1 is 1.38 bits per heavy atom. The average Bonchev–Trinajstić information content (AvgIpc) is 2.26. The number of ether oxygens (including phenoxy) is 2. The molecule has 0 saturated heterocycles. The van der Waals surface area contributed by atoms with E-state index in [1.807, 2.05) is 7.05 Å². The van der Waals surface area contributed by atoms with Crippen LogP contribution in [0.4, 0.5) is 4.39 Å². The molecule has 0 spiro atoms. The molecule has 0 aromatic heterocycles. The third kappa shape index (κ3) is 2.03. The van der Waals surface area contributed by atoms with Gasteiger partial charge in [0.15, 0.2) is 11.6 Å². The molecule has 1 aromatic rings. The summed E-state index contributed by atoms with van der Waals surface area (Å²) in [6.07, 6.45) is 0.757. The van der Waals surface area contributed by atoms with Gasteiger partial charge in [-0.3, -0.25) is 0 Å². The molecule has 1 fully saturated rings. The van der Waals surface area contributed by atoms with Crippen molar-refractivity contribution < 1.29 is 13.9 Å². The Bertz CT molecular complexity index is 359. The van der Waals surface area contributed by atoms with Gasteiger partial charge in [0.25, 0.3) is 0 Å². The molecule has 1 N–H and O–H groups in total. The van der Waals surface area contributed by atoms with E-state index in [0.29, 0.717) is 11.8 Å². The second-order valence-electron chi connectivity index (χ2n) is 3.92. The molecule has 2 rings (SSSR count). The summed E-state index contributed by atoms with van der Waals surface area (Å²) in [5, 5.41) is 3.13. The molecule has 3 nitrogen and oxygen atoms in total. The standard InChI is InChI=1S/C12H16FNO2/c1-14-9-7-11(12(9)15-2)16-10-6-4-3-5-8(10)13/h3-6,9,11-12,14H,7H2,1-2H3. The van der Waals surface area contributed by atoms with Crippen LogP contribution < -0.4 is 10.1 Å². The van der Waals surface area contributed by atoms with Crippen LogP contribution in [0.5, 0.6) is 5.75 Å². The summed E-state index contributed by atoms with van der Waals surface area (Å²) in [5.74, 6) is -0.0330. The van der Waals surface area contributed by atoms with E-state index < -0.39 is 0 Å². The lowest BCUT2D eigenvalue weighted by Gasteiger charge is -2.42. The van der Waals surface area contributed by atoms with E-state index in [-0.39, 0.29) is 18.0 Å². The number of methoxy groups -OCH3 is 1. The average molecular weight is 225 g/mol. The van der Waals surface area contributed by atoms with Gasteiger partial charge in [0.05, 0.1) is 0 Å². The Hall–Kier alpha value is -1.13. The number of hydrogen-bond acceptors (Lipinski definition) is 3. The highest BCUT2D eigenvalue weighted by molar-refractivity contribution is 5.24. The van der Waals surface area contributed by atoms with E-state index in [1.165, 1.54) is 6.07 Å². The highest BCUT2D eigenvalue weighted by Gasteiger charge is 2.42. The van der Waals surface area contributed by atoms with E-state index >= 15 is 0 Å². The van der Waals surface area contributed by atoms with E-state index in [2.05, 4.69) is 5.32 Å². The van der Waals surface area contributed by atoms with Gasteiger partial charge in [0.2, 0.25) is 0 Å². The summed E-state index contributed by atoms with van der Waals surface area (Å²) in [5.41, 5.74) is 0. The van der Waals surface area contributed by atoms with Gasteiger partial charge >= 0.3 is 0 Å². The Kier molecular flexibility index (Phi) is 3.41. The molecule has 0 radical (unpaired) electrons. The molecule has 3 atom stereocenters. The van der Waals surface area contributed by atoms with Gasteiger partial charge in [-0.15, -0.1) is 0 Å². The van der Waals surface area contributed by atoms with Crippen molar-refractivity contribution in [2.24, 2.45) is 0 Å². The van der Waals surface area contributed by atoms with Crippen LogP contribution in [0.25, 0.3) is 0 Å². The fourth-order valence-corrected chi connectivity index (χ4v) is 2.00. The zero-order valence-corrected chi connectivity index (χ0v) is 9.44. The van der Waals surface area contributed by atoms with Gasteiger partial charge in [0, 0.05) is 19.6 Å². The Morgan fingerprint density at radius 2 is 2.12 bits per heavy atom. The molecule has 0 aliphatic heterocycles. The van der Waals surface area contributed by atoms with Crippen molar-refractivity contribution >= 4 is 0 Å². The number of hydrogen-bond donors (Lipinski definition) is 1. The Labute approximate surface area is 94.6 Å². The van der Waals surface area contributed by atoms with Crippen molar-refractivity contribution in [1.82, 2.24) is 5.32 Å². The number of rotatable bonds is 4. The van der Waals surface area contributed by atoms with Crippen molar-refractivity contribution in [3.8, 4) is 5.75 Å². The molecule has 0 amide bonds. The second kappa shape index (κ2) is 4.80. The van der Waals surface area contributed by atoms with Gasteiger partial charge in [-0.1, -0.05) is 12.1 Å². The van der Waals surface area contributed by atoms with Crippen molar-refractivity contribution in [2.45, 2.75) is 24.7 Å². The van der Waals surface area contributed by atoms with Gasteiger partial charge in [-0.25, -0.2) is 4.39 Å². The highest BCUT2D eigenvalue weighted by Crippen LogP contribution is 2.29. The number of halogens is 1. The molecule has 16 heavy (non-hydrogen) atoms. The second-order valence-corrected chi connectivity index (χ2v) is 3.92. The normalized spacial score (nSPS) is 28.6. The quantitative estimate of drug-likeness (QED) is 0.844. The molecule has 88 valence electrons. The first-order valence-corrected chi connectivity index (χ1v) is 5.37. The molecule has 1 saturated carbocycles. The van der Waals surface area contributed by atoms with Crippen LogP contribution in [0.3, 0.4) is 0 Å². The first-order chi connectivity index (χ1) is 7.76. The lowest BCUT2D eigenvalue weighted by Crippen LogP contribution is -2.60. The first-order valence-electron chi connectivity index (χ1n) is 5.37. The number of nitrogens with one attached hydrogen (secondary N) is 1. The molecule has 0 heterocycles. The molecule has 4 heteroatoms. The topological polar surface area (TPSA) is 30.5 Å². The van der Waals surface area contributed by atoms with E-state index in [9.17, 15) is 4.39 Å². The van der Waals surface area contributed by atoms with Crippen LogP contribution in [0, 0.1) is 5.82 Å². The molecule has 0 bridgehead atoms. The Morgan fingerprint density at radius 3 is 2.75 bits per heavy atom. The zero-order chi connectivity index (χ0) is 11.5. The summed E-state index contributed by atoms with van der Waals surface area (Å²) < 4.78 is 24.2. The summed E-state index contributed by atoms with van der Waals surface area (Å²) in [4.78, 5) is 0. The van der Waals surface area contributed by atoms with Gasteiger partial charge in [-0.2, -0.15) is 0 Å². The number of likely N-dealkylation sites (N-methyl/N-ethyl adjacent to an activating group) is 1. The maximum atomic E-state index is 13.3. The van der Waals surface area contributed by atoms with Crippen LogP contribution in [0.1, 0.15) is 6.42 Å². The molecule has 1 aliphatic rings. The van der Waals surface area contributed by atoms with Crippen LogP contribution in [0.2, 0.25) is 0 Å². The third-order valence-electron chi connectivity index (χ3n) is 3.01. The Balaban J connectivity index is 1.99. The number of para-hydroxylation sites is 1. The largest absolute Gasteiger partial charge is 0.485 e. The van der Waals surface area contributed by atoms with E-state index in [1.54, 1.807) is 25.3 Å². The van der Waals surface area contributed by atoms with E-state index in [0.717, 1.165) is 6.42 Å². The van der Waals surface area contributed by atoms with Crippen molar-refractivity contribution in [3.63, 3.8) is 0 Å². The SMILES string of the molecule is CNC1CC(Oc2ccccc2F)C1OC. The van der Waals surface area contributed by atoms with Crippen LogP contribution in [0.15, 0.2) is 24.3 Å².